The van der Waals surface area contributed by atoms with E-state index in [0.717, 1.165) is 28.2 Å². The first-order valence-corrected chi connectivity index (χ1v) is 24.0. The molecule has 68 heavy (non-hydrogen) atoms. The van der Waals surface area contributed by atoms with Gasteiger partial charge in [-0.1, -0.05) is 223 Å². The van der Waals surface area contributed by atoms with Crippen molar-refractivity contribution < 1.29 is 0 Å². The predicted octanol–water partition coefficient (Wildman–Crippen LogP) is 18.9. The number of hydrogen-bond donors (Lipinski definition) is 0. The highest BCUT2D eigenvalue weighted by atomic mass is 15.1. The van der Waals surface area contributed by atoms with Crippen molar-refractivity contribution in [1.82, 2.24) is 0 Å². The molecule has 12 rings (SSSR count). The Bertz CT molecular complexity index is 3710. The molecule has 1 aliphatic carbocycles. The number of hydrogen-bond acceptors (Lipinski definition) is 1. The van der Waals surface area contributed by atoms with Gasteiger partial charge in [0, 0.05) is 22.2 Å². The van der Waals surface area contributed by atoms with Crippen molar-refractivity contribution in [2.24, 2.45) is 0 Å². The van der Waals surface area contributed by atoms with Crippen molar-refractivity contribution in [3.05, 3.63) is 247 Å². The lowest BCUT2D eigenvalue weighted by molar-refractivity contribution is 0.590. The standard InChI is InChI=1S/C67H53N/c1-66(2,3)53-34-30-45(31-35-53)44-26-28-46(29-27-44)52-33-38-63(58(40-52)48-16-7-6-8-17-48)68(54-36-37-61-60(43-54)59-41-50-20-9-10-21-51(50)42-62(59)67(61,4)5)64-39-32-49-19-12-14-24-56(49)65(64)57-25-15-22-47-18-11-13-23-55(47)57/h6-43H,1-5H3. The second-order valence-electron chi connectivity index (χ2n) is 20.1. The average Bonchev–Trinajstić information content (AvgIpc) is 3.59. The average molecular weight is 872 g/mol. The molecule has 0 aliphatic heterocycles. The topological polar surface area (TPSA) is 3.24 Å². The summed E-state index contributed by atoms with van der Waals surface area (Å²) in [4.78, 5) is 2.55. The smallest absolute Gasteiger partial charge is 0.0546 e. The van der Waals surface area contributed by atoms with Gasteiger partial charge in [0.2, 0.25) is 0 Å². The summed E-state index contributed by atoms with van der Waals surface area (Å²) in [6.07, 6.45) is 0. The summed E-state index contributed by atoms with van der Waals surface area (Å²) >= 11 is 0. The summed E-state index contributed by atoms with van der Waals surface area (Å²) in [7, 11) is 0. The zero-order valence-electron chi connectivity index (χ0n) is 39.4. The fourth-order valence-corrected chi connectivity index (χ4v) is 10.9. The third-order valence-corrected chi connectivity index (χ3v) is 14.6. The molecule has 0 fully saturated rings. The third kappa shape index (κ3) is 7.01. The summed E-state index contributed by atoms with van der Waals surface area (Å²) in [5, 5.41) is 7.43. The lowest BCUT2D eigenvalue weighted by atomic mass is 9.82. The van der Waals surface area contributed by atoms with Crippen LogP contribution in [0.2, 0.25) is 0 Å². The van der Waals surface area contributed by atoms with Gasteiger partial charge in [0.05, 0.1) is 11.4 Å². The molecule has 0 atom stereocenters. The molecule has 0 saturated heterocycles. The van der Waals surface area contributed by atoms with E-state index >= 15 is 0 Å². The van der Waals surface area contributed by atoms with Crippen LogP contribution < -0.4 is 4.90 Å². The van der Waals surface area contributed by atoms with Gasteiger partial charge in [0.15, 0.2) is 0 Å². The Balaban J connectivity index is 1.10. The van der Waals surface area contributed by atoms with Gasteiger partial charge >= 0.3 is 0 Å². The van der Waals surface area contributed by atoms with E-state index in [1.807, 2.05) is 0 Å². The van der Waals surface area contributed by atoms with E-state index in [9.17, 15) is 0 Å². The Morgan fingerprint density at radius 2 is 0.882 bits per heavy atom. The molecule has 326 valence electrons. The molecule has 0 spiro atoms. The van der Waals surface area contributed by atoms with Gasteiger partial charge in [-0.3, -0.25) is 0 Å². The minimum atomic E-state index is -0.155. The van der Waals surface area contributed by atoms with Gasteiger partial charge in [-0.05, 0) is 141 Å². The zero-order chi connectivity index (χ0) is 46.1. The van der Waals surface area contributed by atoms with E-state index < -0.39 is 0 Å². The molecule has 11 aromatic carbocycles. The largest absolute Gasteiger partial charge is 0.309 e. The van der Waals surface area contributed by atoms with Crippen molar-refractivity contribution in [2.45, 2.75) is 45.4 Å². The number of anilines is 3. The molecule has 1 heteroatoms. The summed E-state index contributed by atoms with van der Waals surface area (Å²) in [5.74, 6) is 0. The maximum Gasteiger partial charge on any atom is 0.0546 e. The van der Waals surface area contributed by atoms with Gasteiger partial charge in [-0.25, -0.2) is 0 Å². The fraction of sp³-hybridized carbons (Fsp3) is 0.104. The van der Waals surface area contributed by atoms with Gasteiger partial charge in [-0.2, -0.15) is 0 Å². The Kier molecular flexibility index (Phi) is 9.82. The SMILES string of the molecule is CC(C)(C)c1ccc(-c2ccc(-c3ccc(N(c4ccc5c(c4)-c4cc6ccccc6cc4C5(C)C)c4ccc5ccccc5c4-c4cccc5ccccc45)c(-c4ccccc4)c3)cc2)cc1. The van der Waals surface area contributed by atoms with Crippen LogP contribution in [0.5, 0.6) is 0 Å². The number of rotatable bonds is 7. The van der Waals surface area contributed by atoms with E-state index in [-0.39, 0.29) is 10.8 Å². The van der Waals surface area contributed by atoms with Gasteiger partial charge in [0.25, 0.3) is 0 Å². The molecule has 0 bridgehead atoms. The molecule has 1 aliphatic rings. The molecule has 1 nitrogen and oxygen atoms in total. The zero-order valence-corrected chi connectivity index (χ0v) is 39.4. The molecule has 11 aromatic rings. The summed E-state index contributed by atoms with van der Waals surface area (Å²) in [6, 6.07) is 86.1. The van der Waals surface area contributed by atoms with Gasteiger partial charge in [-0.15, -0.1) is 0 Å². The first kappa shape index (κ1) is 41.4. The lowest BCUT2D eigenvalue weighted by Gasteiger charge is -2.32. The van der Waals surface area contributed by atoms with Crippen molar-refractivity contribution in [3.8, 4) is 55.6 Å². The molecule has 0 unspecified atom stereocenters. The fourth-order valence-electron chi connectivity index (χ4n) is 10.9. The maximum atomic E-state index is 2.55. The summed E-state index contributed by atoms with van der Waals surface area (Å²) in [6.45, 7) is 11.6. The molecule has 0 amide bonds. The Labute approximate surface area is 400 Å². The van der Waals surface area contributed by atoms with Crippen molar-refractivity contribution in [3.63, 3.8) is 0 Å². The monoisotopic (exact) mass is 871 g/mol. The van der Waals surface area contributed by atoms with Crippen LogP contribution in [-0.4, -0.2) is 0 Å². The number of benzene rings is 11. The lowest BCUT2D eigenvalue weighted by Crippen LogP contribution is -2.16. The number of nitrogens with zero attached hydrogens (tertiary/aromatic N) is 1. The quantitative estimate of drug-likeness (QED) is 0.154. The second-order valence-corrected chi connectivity index (χ2v) is 20.1. The van der Waals surface area contributed by atoms with Crippen LogP contribution in [0.25, 0.3) is 88.0 Å². The molecule has 0 N–H and O–H groups in total. The minimum Gasteiger partial charge on any atom is -0.309 e. The van der Waals surface area contributed by atoms with Crippen LogP contribution in [-0.2, 0) is 10.8 Å². The van der Waals surface area contributed by atoms with Crippen molar-refractivity contribution in [1.29, 1.82) is 0 Å². The molecule has 0 radical (unpaired) electrons. The van der Waals surface area contributed by atoms with Crippen LogP contribution in [0.1, 0.15) is 51.3 Å². The Morgan fingerprint density at radius 1 is 0.338 bits per heavy atom. The third-order valence-electron chi connectivity index (χ3n) is 14.6. The molecule has 0 heterocycles. The van der Waals surface area contributed by atoms with Crippen molar-refractivity contribution in [2.75, 3.05) is 4.90 Å². The van der Waals surface area contributed by atoms with Crippen LogP contribution in [0, 0.1) is 0 Å². The normalized spacial score (nSPS) is 12.9. The van der Waals surface area contributed by atoms with E-state index in [0.29, 0.717) is 0 Å². The van der Waals surface area contributed by atoms with E-state index in [4.69, 9.17) is 0 Å². The molecule has 0 saturated carbocycles. The highest BCUT2D eigenvalue weighted by molar-refractivity contribution is 6.12. The molecular formula is C67H53N. The maximum absolute atomic E-state index is 2.55. The predicted molar refractivity (Wildman–Crippen MR) is 292 cm³/mol. The van der Waals surface area contributed by atoms with Crippen LogP contribution in [0.4, 0.5) is 17.1 Å². The first-order valence-electron chi connectivity index (χ1n) is 24.0. The van der Waals surface area contributed by atoms with Gasteiger partial charge in [0.1, 0.15) is 0 Å². The highest BCUT2D eigenvalue weighted by Gasteiger charge is 2.37. The first-order chi connectivity index (χ1) is 33.1. The molecular weight excluding hydrogens is 819 g/mol. The van der Waals surface area contributed by atoms with Gasteiger partial charge < -0.3 is 4.90 Å². The summed E-state index contributed by atoms with van der Waals surface area (Å²) < 4.78 is 0. The second kappa shape index (κ2) is 16.1. The van der Waals surface area contributed by atoms with Crippen LogP contribution >= 0.6 is 0 Å². The minimum absolute atomic E-state index is 0.116. The van der Waals surface area contributed by atoms with E-state index in [1.54, 1.807) is 0 Å². The Hall–Kier alpha value is -8.00. The molecule has 0 aromatic heterocycles. The van der Waals surface area contributed by atoms with Crippen molar-refractivity contribution >= 4 is 49.4 Å². The van der Waals surface area contributed by atoms with Crippen LogP contribution in [0.15, 0.2) is 231 Å². The van der Waals surface area contributed by atoms with E-state index in [2.05, 4.69) is 270 Å². The number of fused-ring (bicyclic) bond motifs is 6. The van der Waals surface area contributed by atoms with Crippen LogP contribution in [0.3, 0.4) is 0 Å². The highest BCUT2D eigenvalue weighted by Crippen LogP contribution is 2.54. The van der Waals surface area contributed by atoms with E-state index in [1.165, 1.54) is 93.5 Å². The Morgan fingerprint density at radius 3 is 1.59 bits per heavy atom. The summed E-state index contributed by atoms with van der Waals surface area (Å²) in [5.41, 5.74) is 19.5.